The van der Waals surface area contributed by atoms with Gasteiger partial charge in [-0.15, -0.1) is 0 Å². The smallest absolute Gasteiger partial charge is 0.323 e. The number of carboxylic acid groups (broad SMARTS) is 1. The number of hydrogen-bond acceptors (Lipinski definition) is 5. The molecule has 2 rings (SSSR count). The van der Waals surface area contributed by atoms with E-state index >= 15 is 0 Å². The Balaban J connectivity index is 2.16. The number of methoxy groups -OCH3 is 1. The molecule has 1 N–H and O–H groups in total. The quantitative estimate of drug-likeness (QED) is 0.674. The fourth-order valence-electron chi connectivity index (χ4n) is 2.21. The van der Waals surface area contributed by atoms with Crippen molar-refractivity contribution in [2.75, 3.05) is 26.9 Å². The van der Waals surface area contributed by atoms with E-state index in [-0.39, 0.29) is 12.4 Å². The van der Waals surface area contributed by atoms with Crippen LogP contribution in [0.15, 0.2) is 42.6 Å². The maximum absolute atomic E-state index is 12.8. The van der Waals surface area contributed by atoms with Gasteiger partial charge >= 0.3 is 5.97 Å². The Kier molecular flexibility index (Phi) is 7.37. The van der Waals surface area contributed by atoms with Crippen molar-refractivity contribution in [3.05, 3.63) is 58.7 Å². The average Bonchev–Trinajstić information content (AvgIpc) is 2.62. The molecule has 0 aliphatic rings. The molecule has 0 radical (unpaired) electrons. The van der Waals surface area contributed by atoms with Crippen LogP contribution >= 0.6 is 11.6 Å². The molecule has 138 valence electrons. The number of rotatable bonds is 9. The fraction of sp³-hybridized carbons (Fsp3) is 0.278. The molecule has 0 atom stereocenters. The molecular weight excluding hydrogens is 360 g/mol. The summed E-state index contributed by atoms with van der Waals surface area (Å²) >= 11 is 5.86. The van der Waals surface area contributed by atoms with Crippen LogP contribution < -0.4 is 4.74 Å². The van der Waals surface area contributed by atoms with E-state index in [1.54, 1.807) is 31.4 Å². The van der Waals surface area contributed by atoms with Gasteiger partial charge in [-0.2, -0.15) is 0 Å². The third-order valence-corrected chi connectivity index (χ3v) is 3.67. The van der Waals surface area contributed by atoms with Gasteiger partial charge in [0.1, 0.15) is 13.2 Å². The number of aliphatic carboxylic acids is 1. The molecule has 0 bridgehead atoms. The summed E-state index contributed by atoms with van der Waals surface area (Å²) in [6.07, 6.45) is 1.44. The maximum Gasteiger partial charge on any atom is 0.323 e. The second-order valence-electron chi connectivity index (χ2n) is 5.41. The lowest BCUT2D eigenvalue weighted by atomic mass is 10.1. The number of hydrogen-bond donors (Lipinski definition) is 1. The predicted octanol–water partition coefficient (Wildman–Crippen LogP) is 2.49. The van der Waals surface area contributed by atoms with Crippen molar-refractivity contribution in [1.82, 2.24) is 9.88 Å². The molecule has 0 aliphatic carbocycles. The van der Waals surface area contributed by atoms with Crippen LogP contribution in [-0.2, 0) is 16.1 Å². The molecule has 0 unspecified atom stereocenters. The minimum absolute atomic E-state index is 0.143. The second kappa shape index (κ2) is 9.74. The van der Waals surface area contributed by atoms with Crippen LogP contribution in [0.1, 0.15) is 15.9 Å². The fourth-order valence-corrected chi connectivity index (χ4v) is 2.33. The van der Waals surface area contributed by atoms with Crippen molar-refractivity contribution >= 4 is 23.5 Å². The Bertz CT molecular complexity index is 752. The van der Waals surface area contributed by atoms with Crippen LogP contribution in [-0.4, -0.2) is 53.7 Å². The van der Waals surface area contributed by atoms with E-state index in [9.17, 15) is 9.59 Å². The van der Waals surface area contributed by atoms with Crippen molar-refractivity contribution in [2.45, 2.75) is 6.54 Å². The first kappa shape index (κ1) is 19.7. The molecule has 0 aliphatic heterocycles. The first-order valence-corrected chi connectivity index (χ1v) is 8.20. The zero-order valence-corrected chi connectivity index (χ0v) is 15.0. The Labute approximate surface area is 156 Å². The summed E-state index contributed by atoms with van der Waals surface area (Å²) in [6.45, 7) is 0.403. The number of amides is 1. The minimum Gasteiger partial charge on any atom is -0.480 e. The van der Waals surface area contributed by atoms with Gasteiger partial charge in [0, 0.05) is 36.5 Å². The monoisotopic (exact) mass is 378 g/mol. The molecule has 2 aromatic rings. The molecule has 1 aromatic carbocycles. The summed E-state index contributed by atoms with van der Waals surface area (Å²) < 4.78 is 10.3. The van der Waals surface area contributed by atoms with Gasteiger partial charge in [0.05, 0.1) is 6.61 Å². The molecule has 26 heavy (non-hydrogen) atoms. The minimum atomic E-state index is -1.10. The Hall–Kier alpha value is -2.64. The van der Waals surface area contributed by atoms with Crippen LogP contribution in [0.2, 0.25) is 5.02 Å². The molecule has 1 aromatic heterocycles. The number of carbonyl (C=O) groups is 2. The molecule has 1 amide bonds. The van der Waals surface area contributed by atoms with Gasteiger partial charge in [-0.25, -0.2) is 4.98 Å². The Morgan fingerprint density at radius 2 is 1.92 bits per heavy atom. The number of pyridine rings is 1. The Morgan fingerprint density at radius 1 is 1.19 bits per heavy atom. The highest BCUT2D eigenvalue weighted by molar-refractivity contribution is 6.30. The van der Waals surface area contributed by atoms with E-state index in [1.807, 2.05) is 0 Å². The third kappa shape index (κ3) is 6.02. The van der Waals surface area contributed by atoms with Crippen LogP contribution in [0.3, 0.4) is 0 Å². The largest absolute Gasteiger partial charge is 0.480 e. The zero-order chi connectivity index (χ0) is 18.9. The van der Waals surface area contributed by atoms with Crippen molar-refractivity contribution in [2.24, 2.45) is 0 Å². The van der Waals surface area contributed by atoms with Crippen molar-refractivity contribution in [1.29, 1.82) is 0 Å². The molecule has 0 spiro atoms. The van der Waals surface area contributed by atoms with E-state index in [1.165, 1.54) is 23.2 Å². The van der Waals surface area contributed by atoms with E-state index in [2.05, 4.69) is 4.98 Å². The molecule has 7 nitrogen and oxygen atoms in total. The molecule has 1 heterocycles. The van der Waals surface area contributed by atoms with E-state index in [0.29, 0.717) is 23.8 Å². The number of halogens is 1. The molecule has 0 saturated carbocycles. The zero-order valence-electron chi connectivity index (χ0n) is 14.2. The molecular formula is C18H19ClN2O5. The van der Waals surface area contributed by atoms with Gasteiger partial charge < -0.3 is 19.5 Å². The van der Waals surface area contributed by atoms with Gasteiger partial charge in [0.15, 0.2) is 0 Å². The topological polar surface area (TPSA) is 89.0 Å². The van der Waals surface area contributed by atoms with Crippen LogP contribution in [0.4, 0.5) is 0 Å². The van der Waals surface area contributed by atoms with E-state index in [0.717, 1.165) is 5.56 Å². The number of benzene rings is 1. The molecule has 0 saturated heterocycles. The number of carboxylic acids is 1. The number of aromatic nitrogens is 1. The third-order valence-electron chi connectivity index (χ3n) is 3.42. The summed E-state index contributed by atoms with van der Waals surface area (Å²) in [5, 5.41) is 9.70. The molecule has 0 fully saturated rings. The lowest BCUT2D eigenvalue weighted by molar-refractivity contribution is -0.137. The highest BCUT2D eigenvalue weighted by atomic mass is 35.5. The predicted molar refractivity (Wildman–Crippen MR) is 95.4 cm³/mol. The standard InChI is InChI=1S/C18H19ClN2O5/c1-25-8-9-26-16-10-14(6-7-20-16)18(24)21(12-17(22)23)11-13-2-4-15(19)5-3-13/h2-7,10H,8-9,11-12H2,1H3,(H,22,23). The van der Waals surface area contributed by atoms with Gasteiger partial charge in [-0.3, -0.25) is 9.59 Å². The van der Waals surface area contributed by atoms with Gasteiger partial charge in [0.2, 0.25) is 5.88 Å². The summed E-state index contributed by atoms with van der Waals surface area (Å²) in [5.74, 6) is -1.26. The SMILES string of the molecule is COCCOc1cc(C(=O)N(CC(=O)O)Cc2ccc(Cl)cc2)ccn1. The summed E-state index contributed by atoms with van der Waals surface area (Å²) in [4.78, 5) is 29.2. The normalized spacial score (nSPS) is 10.4. The first-order valence-electron chi connectivity index (χ1n) is 7.83. The summed E-state index contributed by atoms with van der Waals surface area (Å²) in [6, 6.07) is 9.87. The van der Waals surface area contributed by atoms with Gasteiger partial charge in [-0.1, -0.05) is 23.7 Å². The van der Waals surface area contributed by atoms with Crippen molar-refractivity contribution < 1.29 is 24.2 Å². The highest BCUT2D eigenvalue weighted by Crippen LogP contribution is 2.16. The lowest BCUT2D eigenvalue weighted by Gasteiger charge is -2.21. The molecule has 8 heteroatoms. The first-order chi connectivity index (χ1) is 12.5. The number of carbonyl (C=O) groups excluding carboxylic acids is 1. The van der Waals surface area contributed by atoms with Crippen molar-refractivity contribution in [3.63, 3.8) is 0 Å². The maximum atomic E-state index is 12.8. The highest BCUT2D eigenvalue weighted by Gasteiger charge is 2.20. The summed E-state index contributed by atoms with van der Waals surface area (Å²) in [7, 11) is 1.55. The Morgan fingerprint density at radius 3 is 2.58 bits per heavy atom. The summed E-state index contributed by atoms with van der Waals surface area (Å²) in [5.41, 5.74) is 1.07. The van der Waals surface area contributed by atoms with Crippen LogP contribution in [0.25, 0.3) is 0 Å². The number of nitrogens with zero attached hydrogens (tertiary/aromatic N) is 2. The lowest BCUT2D eigenvalue weighted by Crippen LogP contribution is -2.35. The van der Waals surface area contributed by atoms with Crippen LogP contribution in [0, 0.1) is 0 Å². The van der Waals surface area contributed by atoms with E-state index < -0.39 is 18.4 Å². The van der Waals surface area contributed by atoms with Crippen molar-refractivity contribution in [3.8, 4) is 5.88 Å². The van der Waals surface area contributed by atoms with Gasteiger partial charge in [-0.05, 0) is 23.8 Å². The van der Waals surface area contributed by atoms with Gasteiger partial charge in [0.25, 0.3) is 5.91 Å². The second-order valence-corrected chi connectivity index (χ2v) is 5.84. The number of ether oxygens (including phenoxy) is 2. The van der Waals surface area contributed by atoms with E-state index in [4.69, 9.17) is 26.2 Å². The van der Waals surface area contributed by atoms with Crippen LogP contribution in [0.5, 0.6) is 5.88 Å². The average molecular weight is 379 g/mol.